The van der Waals surface area contributed by atoms with Gasteiger partial charge in [-0.25, -0.2) is 4.99 Å². The lowest BCUT2D eigenvalue weighted by molar-refractivity contribution is 0.981. The molecule has 0 aliphatic heterocycles. The molecule has 0 bridgehead atoms. The molecule has 2 heteroatoms. The van der Waals surface area contributed by atoms with Crippen molar-refractivity contribution in [1.82, 2.24) is 0 Å². The molecule has 0 aromatic rings. The van der Waals surface area contributed by atoms with E-state index in [-0.39, 0.29) is 0 Å². The van der Waals surface area contributed by atoms with Crippen LogP contribution in [0.3, 0.4) is 0 Å². The van der Waals surface area contributed by atoms with Gasteiger partial charge in [0.1, 0.15) is 5.84 Å². The number of hydrogen-bond acceptors (Lipinski definition) is 1. The first kappa shape index (κ1) is 7.34. The standard InChI is InChI=1S/C6H12N2/c1-4-5-6(7-2)8-3/h2,4-5H2,1,3H3. The average molecular weight is 112 g/mol. The molecule has 46 valence electrons. The third-order valence-electron chi connectivity index (χ3n) is 0.914. The zero-order valence-electron chi connectivity index (χ0n) is 5.52. The van der Waals surface area contributed by atoms with Crippen molar-refractivity contribution in [3.63, 3.8) is 0 Å². The summed E-state index contributed by atoms with van der Waals surface area (Å²) in [6, 6.07) is 0. The predicted molar refractivity (Wildman–Crippen MR) is 37.8 cm³/mol. The van der Waals surface area contributed by atoms with Gasteiger partial charge < -0.3 is 0 Å². The molecule has 0 unspecified atom stereocenters. The molecule has 8 heavy (non-hydrogen) atoms. The van der Waals surface area contributed by atoms with Crippen molar-refractivity contribution >= 4 is 12.6 Å². The molecule has 0 saturated carbocycles. The molecule has 0 saturated heterocycles. The average Bonchev–Trinajstić information content (AvgIpc) is 1.83. The number of hydrogen-bond donors (Lipinski definition) is 0. The van der Waals surface area contributed by atoms with Crippen LogP contribution in [0.1, 0.15) is 19.8 Å². The van der Waals surface area contributed by atoms with Crippen LogP contribution in [-0.4, -0.2) is 19.6 Å². The first-order valence-electron chi connectivity index (χ1n) is 2.77. The highest BCUT2D eigenvalue weighted by Crippen LogP contribution is 1.90. The summed E-state index contributed by atoms with van der Waals surface area (Å²) in [5.41, 5.74) is 0. The van der Waals surface area contributed by atoms with Crippen LogP contribution in [0.4, 0.5) is 0 Å². The van der Waals surface area contributed by atoms with E-state index in [0.29, 0.717) is 0 Å². The third kappa shape index (κ3) is 2.50. The molecule has 0 spiro atoms. The van der Waals surface area contributed by atoms with Crippen LogP contribution in [0.15, 0.2) is 9.98 Å². The maximum atomic E-state index is 3.88. The van der Waals surface area contributed by atoms with E-state index < -0.39 is 0 Å². The highest BCUT2D eigenvalue weighted by molar-refractivity contribution is 5.85. The Morgan fingerprint density at radius 3 is 2.38 bits per heavy atom. The van der Waals surface area contributed by atoms with Gasteiger partial charge in [0.05, 0.1) is 0 Å². The topological polar surface area (TPSA) is 24.7 Å². The molecule has 0 amide bonds. The number of rotatable bonds is 2. The van der Waals surface area contributed by atoms with E-state index >= 15 is 0 Å². The lowest BCUT2D eigenvalue weighted by atomic mass is 10.3. The summed E-state index contributed by atoms with van der Waals surface area (Å²) in [7, 11) is 1.74. The zero-order chi connectivity index (χ0) is 6.41. The van der Waals surface area contributed by atoms with E-state index in [0.717, 1.165) is 18.7 Å². The fourth-order valence-corrected chi connectivity index (χ4v) is 0.485. The lowest BCUT2D eigenvalue weighted by Gasteiger charge is -1.91. The maximum Gasteiger partial charge on any atom is 0.122 e. The van der Waals surface area contributed by atoms with Gasteiger partial charge in [0.2, 0.25) is 0 Å². The molecule has 0 aliphatic rings. The molecule has 0 N–H and O–H groups in total. The van der Waals surface area contributed by atoms with E-state index in [1.54, 1.807) is 7.05 Å². The Morgan fingerprint density at radius 2 is 2.25 bits per heavy atom. The van der Waals surface area contributed by atoms with Gasteiger partial charge in [-0.05, 0) is 13.1 Å². The third-order valence-corrected chi connectivity index (χ3v) is 0.914. The van der Waals surface area contributed by atoms with Crippen LogP contribution in [0.25, 0.3) is 0 Å². The highest BCUT2D eigenvalue weighted by atomic mass is 14.9. The van der Waals surface area contributed by atoms with Crippen molar-refractivity contribution < 1.29 is 0 Å². The second-order valence-corrected chi connectivity index (χ2v) is 1.55. The Balaban J connectivity index is 3.54. The van der Waals surface area contributed by atoms with Crippen LogP contribution in [0, 0.1) is 0 Å². The van der Waals surface area contributed by atoms with Gasteiger partial charge in [-0.2, -0.15) is 0 Å². The van der Waals surface area contributed by atoms with Crippen molar-refractivity contribution in [2.45, 2.75) is 19.8 Å². The molecule has 0 atom stereocenters. The molecular weight excluding hydrogens is 100 g/mol. The SMILES string of the molecule is C=NC(CCC)=NC. The molecule has 0 aromatic carbocycles. The minimum absolute atomic E-state index is 0.854. The second-order valence-electron chi connectivity index (χ2n) is 1.55. The Morgan fingerprint density at radius 1 is 1.62 bits per heavy atom. The Bertz CT molecular complexity index is 94.7. The lowest BCUT2D eigenvalue weighted by Crippen LogP contribution is -1.89. The molecule has 0 rings (SSSR count). The van der Waals surface area contributed by atoms with Crippen LogP contribution in [0.2, 0.25) is 0 Å². The Kier molecular flexibility index (Phi) is 4.13. The second kappa shape index (κ2) is 4.50. The van der Waals surface area contributed by atoms with E-state index in [1.165, 1.54) is 0 Å². The van der Waals surface area contributed by atoms with Gasteiger partial charge >= 0.3 is 0 Å². The zero-order valence-corrected chi connectivity index (χ0v) is 5.52. The summed E-state index contributed by atoms with van der Waals surface area (Å²) in [5.74, 6) is 0.854. The van der Waals surface area contributed by atoms with Crippen molar-refractivity contribution in [3.8, 4) is 0 Å². The first-order chi connectivity index (χ1) is 3.85. The summed E-state index contributed by atoms with van der Waals surface area (Å²) in [5, 5.41) is 0. The molecule has 0 heterocycles. The quantitative estimate of drug-likeness (QED) is 0.382. The van der Waals surface area contributed by atoms with Gasteiger partial charge in [0.15, 0.2) is 0 Å². The van der Waals surface area contributed by atoms with E-state index in [9.17, 15) is 0 Å². The fraction of sp³-hybridized carbons (Fsp3) is 0.667. The molecule has 0 aliphatic carbocycles. The predicted octanol–water partition coefficient (Wildman–Crippen LogP) is 1.52. The normalized spacial score (nSPS) is 11.5. The van der Waals surface area contributed by atoms with Crippen LogP contribution >= 0.6 is 0 Å². The highest BCUT2D eigenvalue weighted by Gasteiger charge is 1.86. The van der Waals surface area contributed by atoms with Gasteiger partial charge in [-0.15, -0.1) is 0 Å². The van der Waals surface area contributed by atoms with Crippen molar-refractivity contribution in [3.05, 3.63) is 0 Å². The largest absolute Gasteiger partial charge is 0.274 e. The Labute approximate surface area is 50.4 Å². The summed E-state index contributed by atoms with van der Waals surface area (Å²) in [4.78, 5) is 7.58. The van der Waals surface area contributed by atoms with Crippen LogP contribution in [0.5, 0.6) is 0 Å². The van der Waals surface area contributed by atoms with Crippen LogP contribution < -0.4 is 0 Å². The van der Waals surface area contributed by atoms with Crippen molar-refractivity contribution in [2.75, 3.05) is 7.05 Å². The number of amidine groups is 1. The summed E-state index contributed by atoms with van der Waals surface area (Å²) >= 11 is 0. The summed E-state index contributed by atoms with van der Waals surface area (Å²) in [6.07, 6.45) is 2.03. The van der Waals surface area contributed by atoms with Crippen LogP contribution in [-0.2, 0) is 0 Å². The monoisotopic (exact) mass is 112 g/mol. The maximum absolute atomic E-state index is 3.88. The summed E-state index contributed by atoms with van der Waals surface area (Å²) < 4.78 is 0. The van der Waals surface area contributed by atoms with E-state index in [4.69, 9.17) is 0 Å². The number of aliphatic imine (C=N–C) groups is 2. The smallest absolute Gasteiger partial charge is 0.122 e. The van der Waals surface area contributed by atoms with Crippen molar-refractivity contribution in [2.24, 2.45) is 9.98 Å². The molecular formula is C6H12N2. The minimum Gasteiger partial charge on any atom is -0.274 e. The first-order valence-corrected chi connectivity index (χ1v) is 2.77. The molecule has 0 fully saturated rings. The van der Waals surface area contributed by atoms with Gasteiger partial charge in [0, 0.05) is 13.5 Å². The Hall–Kier alpha value is -0.660. The summed E-state index contributed by atoms with van der Waals surface area (Å²) in [6.45, 7) is 5.46. The van der Waals surface area contributed by atoms with Gasteiger partial charge in [0.25, 0.3) is 0 Å². The van der Waals surface area contributed by atoms with Crippen molar-refractivity contribution in [1.29, 1.82) is 0 Å². The van der Waals surface area contributed by atoms with Gasteiger partial charge in [-0.1, -0.05) is 6.92 Å². The van der Waals surface area contributed by atoms with E-state index in [2.05, 4.69) is 23.6 Å². The van der Waals surface area contributed by atoms with E-state index in [1.807, 2.05) is 0 Å². The minimum atomic E-state index is 0.854. The molecule has 0 radical (unpaired) electrons. The van der Waals surface area contributed by atoms with Gasteiger partial charge in [-0.3, -0.25) is 4.99 Å². The fourth-order valence-electron chi connectivity index (χ4n) is 0.485. The molecule has 2 nitrogen and oxygen atoms in total. The molecule has 0 aromatic heterocycles. The number of nitrogens with zero attached hydrogens (tertiary/aromatic N) is 2.